The van der Waals surface area contributed by atoms with Crippen LogP contribution in [-0.4, -0.2) is 19.2 Å². The molecule has 0 atom stereocenters. The number of anilines is 3. The minimum atomic E-state index is -3.27. The van der Waals surface area contributed by atoms with Gasteiger partial charge in [-0.3, -0.25) is 4.72 Å². The first kappa shape index (κ1) is 15.3. The van der Waals surface area contributed by atoms with E-state index < -0.39 is 10.0 Å². The zero-order chi connectivity index (χ0) is 15.5. The number of nitrogens with one attached hydrogen (secondary N) is 2. The molecule has 2 rings (SSSR count). The average Bonchev–Trinajstić information content (AvgIpc) is 2.45. The van der Waals surface area contributed by atoms with Crippen molar-refractivity contribution in [3.05, 3.63) is 47.7 Å². The Hall–Kier alpha value is -2.08. The summed E-state index contributed by atoms with van der Waals surface area (Å²) in [5.74, 6) is 0.707. The molecule has 0 unspecified atom stereocenters. The van der Waals surface area contributed by atoms with Gasteiger partial charge in [0.25, 0.3) is 0 Å². The van der Waals surface area contributed by atoms with Crippen molar-refractivity contribution < 1.29 is 8.42 Å². The lowest BCUT2D eigenvalue weighted by molar-refractivity contribution is 0.602. The number of aromatic nitrogens is 1. The normalized spacial score (nSPS) is 11.2. The van der Waals surface area contributed by atoms with E-state index in [1.807, 2.05) is 26.0 Å². The molecule has 0 radical (unpaired) electrons. The van der Waals surface area contributed by atoms with Crippen LogP contribution in [0.15, 0.2) is 36.5 Å². The highest BCUT2D eigenvalue weighted by atomic mass is 32.2. The van der Waals surface area contributed by atoms with Crippen LogP contribution in [0, 0.1) is 13.8 Å². The summed E-state index contributed by atoms with van der Waals surface area (Å²) in [6.45, 7) is 5.64. The van der Waals surface area contributed by atoms with Crippen molar-refractivity contribution in [2.45, 2.75) is 20.8 Å². The molecule has 0 fully saturated rings. The summed E-state index contributed by atoms with van der Waals surface area (Å²) in [6.07, 6.45) is 1.50. The van der Waals surface area contributed by atoms with E-state index in [-0.39, 0.29) is 5.75 Å². The van der Waals surface area contributed by atoms with Crippen LogP contribution in [0.5, 0.6) is 0 Å². The van der Waals surface area contributed by atoms with Crippen molar-refractivity contribution in [1.82, 2.24) is 4.98 Å². The van der Waals surface area contributed by atoms with Gasteiger partial charge in [-0.25, -0.2) is 13.4 Å². The predicted molar refractivity (Wildman–Crippen MR) is 86.5 cm³/mol. The van der Waals surface area contributed by atoms with Crippen molar-refractivity contribution in [3.8, 4) is 0 Å². The average molecular weight is 305 g/mol. The van der Waals surface area contributed by atoms with Gasteiger partial charge in [0, 0.05) is 5.69 Å². The van der Waals surface area contributed by atoms with Crippen LogP contribution < -0.4 is 10.0 Å². The van der Waals surface area contributed by atoms with Gasteiger partial charge in [0.05, 0.1) is 17.6 Å². The number of hydrogen-bond donors (Lipinski definition) is 2. The Bertz CT molecular complexity index is 725. The van der Waals surface area contributed by atoms with E-state index in [0.717, 1.165) is 16.8 Å². The minimum Gasteiger partial charge on any atom is -0.340 e. The topological polar surface area (TPSA) is 71.1 Å². The Labute approximate surface area is 125 Å². The molecule has 0 amide bonds. The molecule has 0 aliphatic heterocycles. The van der Waals surface area contributed by atoms with E-state index in [1.165, 1.54) is 6.20 Å². The molecule has 1 aromatic heterocycles. The first-order valence-electron chi connectivity index (χ1n) is 6.70. The number of aryl methyl sites for hydroxylation is 2. The lowest BCUT2D eigenvalue weighted by Gasteiger charge is -2.11. The van der Waals surface area contributed by atoms with Crippen molar-refractivity contribution in [2.75, 3.05) is 15.8 Å². The van der Waals surface area contributed by atoms with Gasteiger partial charge in [-0.2, -0.15) is 0 Å². The molecule has 6 heteroatoms. The van der Waals surface area contributed by atoms with E-state index in [2.05, 4.69) is 21.1 Å². The van der Waals surface area contributed by atoms with E-state index in [4.69, 9.17) is 0 Å². The first-order valence-corrected chi connectivity index (χ1v) is 8.35. The van der Waals surface area contributed by atoms with Gasteiger partial charge in [-0.1, -0.05) is 12.1 Å². The molecule has 2 N–H and O–H groups in total. The third kappa shape index (κ3) is 4.19. The number of hydrogen-bond acceptors (Lipinski definition) is 4. The quantitative estimate of drug-likeness (QED) is 0.890. The molecule has 0 bridgehead atoms. The molecular formula is C15H19N3O2S. The number of pyridine rings is 1. The maximum absolute atomic E-state index is 11.5. The Balaban J connectivity index is 2.14. The Morgan fingerprint density at radius 2 is 1.90 bits per heavy atom. The van der Waals surface area contributed by atoms with Gasteiger partial charge in [0.2, 0.25) is 10.0 Å². The molecule has 5 nitrogen and oxygen atoms in total. The smallest absolute Gasteiger partial charge is 0.232 e. The second kappa shape index (κ2) is 6.13. The molecule has 0 aliphatic rings. The second-order valence-corrected chi connectivity index (χ2v) is 6.89. The third-order valence-electron chi connectivity index (χ3n) is 3.07. The van der Waals surface area contributed by atoms with Crippen LogP contribution >= 0.6 is 0 Å². The van der Waals surface area contributed by atoms with Crippen LogP contribution in [0.3, 0.4) is 0 Å². The molecule has 0 saturated heterocycles. The highest BCUT2D eigenvalue weighted by Gasteiger charge is 2.07. The highest BCUT2D eigenvalue weighted by Crippen LogP contribution is 2.21. The molecule has 0 saturated carbocycles. The fraction of sp³-hybridized carbons (Fsp3) is 0.267. The molecular weight excluding hydrogens is 286 g/mol. The third-order valence-corrected chi connectivity index (χ3v) is 4.38. The second-order valence-electron chi connectivity index (χ2n) is 4.88. The van der Waals surface area contributed by atoms with Crippen LogP contribution in [0.25, 0.3) is 0 Å². The van der Waals surface area contributed by atoms with Gasteiger partial charge in [-0.05, 0) is 50.1 Å². The number of benzene rings is 1. The summed E-state index contributed by atoms with van der Waals surface area (Å²) in [5, 5.41) is 3.23. The van der Waals surface area contributed by atoms with Crippen molar-refractivity contribution in [1.29, 1.82) is 0 Å². The Kier molecular flexibility index (Phi) is 4.47. The number of nitrogens with zero attached hydrogens (tertiary/aromatic N) is 1. The van der Waals surface area contributed by atoms with Crippen molar-refractivity contribution >= 4 is 27.2 Å². The standard InChI is InChI=1S/C15H19N3O2S/c1-4-21(19,20)18-13-7-8-15(16-10-13)17-14-9-11(2)5-6-12(14)3/h5-10,18H,4H2,1-3H3,(H,16,17). The predicted octanol–water partition coefficient (Wildman–Crippen LogP) is 3.20. The van der Waals surface area contributed by atoms with E-state index >= 15 is 0 Å². The minimum absolute atomic E-state index is 0.0372. The lowest BCUT2D eigenvalue weighted by atomic mass is 10.1. The summed E-state index contributed by atoms with van der Waals surface area (Å²) in [5.41, 5.74) is 3.74. The SMILES string of the molecule is CCS(=O)(=O)Nc1ccc(Nc2cc(C)ccc2C)nc1. The van der Waals surface area contributed by atoms with Crippen molar-refractivity contribution in [3.63, 3.8) is 0 Å². The zero-order valence-electron chi connectivity index (χ0n) is 12.3. The summed E-state index contributed by atoms with van der Waals surface area (Å²) >= 11 is 0. The molecule has 1 aromatic carbocycles. The monoisotopic (exact) mass is 305 g/mol. The maximum atomic E-state index is 11.5. The van der Waals surface area contributed by atoms with Gasteiger partial charge in [0.15, 0.2) is 0 Å². The van der Waals surface area contributed by atoms with E-state index in [9.17, 15) is 8.42 Å². The zero-order valence-corrected chi connectivity index (χ0v) is 13.2. The molecule has 0 spiro atoms. The van der Waals surface area contributed by atoms with Crippen LogP contribution in [-0.2, 0) is 10.0 Å². The first-order chi connectivity index (χ1) is 9.89. The van der Waals surface area contributed by atoms with Crippen LogP contribution in [0.2, 0.25) is 0 Å². The van der Waals surface area contributed by atoms with Gasteiger partial charge < -0.3 is 5.32 Å². The van der Waals surface area contributed by atoms with E-state index in [0.29, 0.717) is 11.5 Å². The molecule has 2 aromatic rings. The molecule has 21 heavy (non-hydrogen) atoms. The lowest BCUT2D eigenvalue weighted by Crippen LogP contribution is -2.14. The molecule has 0 aliphatic carbocycles. The number of sulfonamides is 1. The summed E-state index contributed by atoms with van der Waals surface area (Å²) in [7, 11) is -3.27. The summed E-state index contributed by atoms with van der Waals surface area (Å²) < 4.78 is 25.4. The van der Waals surface area contributed by atoms with Gasteiger partial charge in [0.1, 0.15) is 5.82 Å². The van der Waals surface area contributed by atoms with Gasteiger partial charge in [-0.15, -0.1) is 0 Å². The fourth-order valence-electron chi connectivity index (χ4n) is 1.79. The van der Waals surface area contributed by atoms with Gasteiger partial charge >= 0.3 is 0 Å². The fourth-order valence-corrected chi connectivity index (χ4v) is 2.41. The Morgan fingerprint density at radius 1 is 1.14 bits per heavy atom. The molecule has 1 heterocycles. The van der Waals surface area contributed by atoms with Crippen LogP contribution in [0.4, 0.5) is 17.2 Å². The summed E-state index contributed by atoms with van der Waals surface area (Å²) in [4.78, 5) is 4.23. The largest absolute Gasteiger partial charge is 0.340 e. The Morgan fingerprint density at radius 3 is 2.52 bits per heavy atom. The van der Waals surface area contributed by atoms with Crippen LogP contribution in [0.1, 0.15) is 18.1 Å². The maximum Gasteiger partial charge on any atom is 0.232 e. The molecule has 112 valence electrons. The highest BCUT2D eigenvalue weighted by molar-refractivity contribution is 7.92. The van der Waals surface area contributed by atoms with E-state index in [1.54, 1.807) is 19.1 Å². The van der Waals surface area contributed by atoms with Crippen molar-refractivity contribution in [2.24, 2.45) is 0 Å². The summed E-state index contributed by atoms with van der Waals surface area (Å²) in [6, 6.07) is 9.58. The number of rotatable bonds is 5.